The number of aryl methyl sites for hydroxylation is 1. The maximum atomic E-state index is 12.9. The number of benzene rings is 1. The van der Waals surface area contributed by atoms with Gasteiger partial charge in [-0.25, -0.2) is 15.0 Å². The lowest BCUT2D eigenvalue weighted by Crippen LogP contribution is -2.36. The Bertz CT molecular complexity index is 1080. The van der Waals surface area contributed by atoms with E-state index in [4.69, 9.17) is 5.73 Å². The molecule has 1 fully saturated rings. The Morgan fingerprint density at radius 1 is 1.19 bits per heavy atom. The third-order valence-electron chi connectivity index (χ3n) is 5.33. The lowest BCUT2D eigenvalue weighted by Gasteiger charge is -2.32. The van der Waals surface area contributed by atoms with Crippen molar-refractivity contribution < 1.29 is 18.3 Å². The quantitative estimate of drug-likeness (QED) is 0.531. The van der Waals surface area contributed by atoms with Gasteiger partial charge in [0, 0.05) is 24.1 Å². The molecule has 2 aromatic heterocycles. The predicted molar refractivity (Wildman–Crippen MR) is 113 cm³/mol. The molecule has 0 spiro atoms. The Kier molecular flexibility index (Phi) is 5.71. The maximum Gasteiger partial charge on any atom is 0.433 e. The summed E-state index contributed by atoms with van der Waals surface area (Å²) in [7, 11) is 0. The Morgan fingerprint density at radius 3 is 2.65 bits per heavy atom. The maximum absolute atomic E-state index is 12.9. The van der Waals surface area contributed by atoms with Gasteiger partial charge < -0.3 is 16.2 Å². The monoisotopic (exact) mass is 449 g/mol. The number of anilines is 2. The molecule has 31 heavy (non-hydrogen) atoms. The molecule has 10 heteroatoms. The molecule has 1 aliphatic rings. The van der Waals surface area contributed by atoms with Crippen LogP contribution in [0, 0.1) is 6.92 Å². The van der Waals surface area contributed by atoms with Crippen molar-refractivity contribution in [3.05, 3.63) is 52.9 Å². The van der Waals surface area contributed by atoms with Gasteiger partial charge in [-0.1, -0.05) is 6.07 Å². The van der Waals surface area contributed by atoms with E-state index in [2.05, 4.69) is 20.3 Å². The molecule has 1 aliphatic carbocycles. The van der Waals surface area contributed by atoms with E-state index in [9.17, 15) is 18.3 Å². The summed E-state index contributed by atoms with van der Waals surface area (Å²) in [5, 5.41) is 14.5. The van der Waals surface area contributed by atoms with Gasteiger partial charge in [0.1, 0.15) is 16.3 Å². The number of aromatic nitrogens is 3. The number of hydrogen-bond donors (Lipinski definition) is 3. The highest BCUT2D eigenvalue weighted by Crippen LogP contribution is 2.41. The van der Waals surface area contributed by atoms with Crippen LogP contribution >= 0.6 is 11.3 Å². The molecule has 4 rings (SSSR count). The van der Waals surface area contributed by atoms with Crippen molar-refractivity contribution in [3.63, 3.8) is 0 Å². The predicted octanol–water partition coefficient (Wildman–Crippen LogP) is 4.76. The number of alkyl halides is 3. The number of halogens is 3. The van der Waals surface area contributed by atoms with E-state index in [0.29, 0.717) is 23.5 Å². The molecule has 0 radical (unpaired) electrons. The molecule has 0 amide bonds. The molecule has 0 unspecified atom stereocenters. The van der Waals surface area contributed by atoms with Gasteiger partial charge in [0.15, 0.2) is 0 Å². The average molecular weight is 450 g/mol. The number of rotatable bonds is 4. The summed E-state index contributed by atoms with van der Waals surface area (Å²) < 4.78 is 38.7. The molecular weight excluding hydrogens is 427 g/mol. The average Bonchev–Trinajstić information content (AvgIpc) is 3.21. The van der Waals surface area contributed by atoms with Crippen LogP contribution in [0.2, 0.25) is 0 Å². The third kappa shape index (κ3) is 4.86. The Balaban J connectivity index is 1.59. The van der Waals surface area contributed by atoms with Crippen LogP contribution in [-0.2, 0) is 11.8 Å². The minimum absolute atomic E-state index is 0.114. The number of nitrogens with zero attached hydrogens (tertiary/aromatic N) is 3. The number of thiazole rings is 1. The second kappa shape index (κ2) is 8.18. The topological polar surface area (TPSA) is 97.0 Å². The van der Waals surface area contributed by atoms with E-state index in [1.54, 1.807) is 18.3 Å². The zero-order valence-electron chi connectivity index (χ0n) is 16.8. The van der Waals surface area contributed by atoms with Crippen LogP contribution in [0.4, 0.5) is 24.8 Å². The van der Waals surface area contributed by atoms with Gasteiger partial charge in [-0.3, -0.25) is 0 Å². The van der Waals surface area contributed by atoms with Crippen LogP contribution in [0.15, 0.2) is 36.7 Å². The molecular formula is C21H22F3N5OS. The first kappa shape index (κ1) is 21.7. The molecule has 0 atom stereocenters. The van der Waals surface area contributed by atoms with Crippen LogP contribution < -0.4 is 11.1 Å². The number of hydrogen-bond acceptors (Lipinski definition) is 7. The van der Waals surface area contributed by atoms with Gasteiger partial charge in [0.2, 0.25) is 5.95 Å². The first-order chi connectivity index (χ1) is 14.6. The number of nitrogens with one attached hydrogen (secondary N) is 1. The van der Waals surface area contributed by atoms with E-state index < -0.39 is 17.5 Å². The van der Waals surface area contributed by atoms with Crippen molar-refractivity contribution in [3.8, 4) is 10.4 Å². The molecule has 1 saturated carbocycles. The fraction of sp³-hybridized carbons (Fsp3) is 0.381. The highest BCUT2D eigenvalue weighted by molar-refractivity contribution is 7.15. The van der Waals surface area contributed by atoms with Crippen molar-refractivity contribution in [2.75, 3.05) is 5.32 Å². The van der Waals surface area contributed by atoms with Gasteiger partial charge in [0.05, 0.1) is 4.88 Å². The molecule has 0 aliphatic heterocycles. The lowest BCUT2D eigenvalue weighted by molar-refractivity contribution is -0.141. The van der Waals surface area contributed by atoms with Gasteiger partial charge in [-0.2, -0.15) is 13.2 Å². The largest absolute Gasteiger partial charge is 0.433 e. The fourth-order valence-corrected chi connectivity index (χ4v) is 4.71. The molecule has 2 heterocycles. The summed E-state index contributed by atoms with van der Waals surface area (Å²) >= 11 is 1.41. The third-order valence-corrected chi connectivity index (χ3v) is 6.56. The van der Waals surface area contributed by atoms with E-state index in [0.717, 1.165) is 41.1 Å². The standard InChI is InChI=1S/C21H22F3N5OS/c1-12-8-13(16-11-27-18(31-16)20(30)5-2-14(25)3-6-20)10-15(9-12)28-19-26-7-4-17(29-19)21(22,23)24/h4,7-11,14,30H,2-3,5-6,25H2,1H3,(H,26,28,29). The number of nitrogens with two attached hydrogens (primary N) is 1. The lowest BCUT2D eigenvalue weighted by atomic mass is 9.83. The van der Waals surface area contributed by atoms with Gasteiger partial charge >= 0.3 is 6.18 Å². The SMILES string of the molecule is Cc1cc(Nc2nccc(C(F)(F)F)n2)cc(-c2cnc(C3(O)CCC(N)CC3)s2)c1. The summed E-state index contributed by atoms with van der Waals surface area (Å²) in [6.45, 7) is 1.89. The van der Waals surface area contributed by atoms with Crippen LogP contribution in [0.25, 0.3) is 10.4 Å². The second-order valence-corrected chi connectivity index (χ2v) is 8.91. The molecule has 4 N–H and O–H groups in total. The number of aliphatic hydroxyl groups is 1. The zero-order valence-corrected chi connectivity index (χ0v) is 17.6. The summed E-state index contributed by atoms with van der Waals surface area (Å²) in [4.78, 5) is 12.7. The van der Waals surface area contributed by atoms with Crippen molar-refractivity contribution in [2.45, 2.75) is 50.4 Å². The van der Waals surface area contributed by atoms with E-state index in [1.165, 1.54) is 11.3 Å². The normalized spacial score (nSPS) is 21.8. The molecule has 6 nitrogen and oxygen atoms in total. The highest BCUT2D eigenvalue weighted by Gasteiger charge is 2.36. The first-order valence-corrected chi connectivity index (χ1v) is 10.7. The van der Waals surface area contributed by atoms with Crippen molar-refractivity contribution >= 4 is 23.0 Å². The van der Waals surface area contributed by atoms with Crippen molar-refractivity contribution in [2.24, 2.45) is 5.73 Å². The highest BCUT2D eigenvalue weighted by atomic mass is 32.1. The molecule has 3 aromatic rings. The Morgan fingerprint density at radius 2 is 1.94 bits per heavy atom. The van der Waals surface area contributed by atoms with E-state index in [-0.39, 0.29) is 12.0 Å². The first-order valence-electron chi connectivity index (χ1n) is 9.86. The van der Waals surface area contributed by atoms with E-state index in [1.807, 2.05) is 13.0 Å². The smallest absolute Gasteiger partial charge is 0.383 e. The van der Waals surface area contributed by atoms with Crippen molar-refractivity contribution in [1.82, 2.24) is 15.0 Å². The second-order valence-electron chi connectivity index (χ2n) is 7.87. The Hall–Kier alpha value is -2.56. The zero-order chi connectivity index (χ0) is 22.2. The molecule has 0 saturated heterocycles. The van der Waals surface area contributed by atoms with Crippen LogP contribution in [0.1, 0.15) is 41.9 Å². The van der Waals surface area contributed by atoms with Gasteiger partial charge in [-0.05, 0) is 61.9 Å². The minimum atomic E-state index is -4.54. The van der Waals surface area contributed by atoms with Gasteiger partial charge in [-0.15, -0.1) is 11.3 Å². The van der Waals surface area contributed by atoms with Crippen LogP contribution in [-0.4, -0.2) is 26.1 Å². The summed E-state index contributed by atoms with van der Waals surface area (Å²) in [6.07, 6.45) is 0.900. The molecule has 0 bridgehead atoms. The van der Waals surface area contributed by atoms with Crippen LogP contribution in [0.3, 0.4) is 0 Å². The van der Waals surface area contributed by atoms with Crippen LogP contribution in [0.5, 0.6) is 0 Å². The molecule has 1 aromatic carbocycles. The summed E-state index contributed by atoms with van der Waals surface area (Å²) in [6, 6.07) is 6.49. The molecule has 164 valence electrons. The van der Waals surface area contributed by atoms with Crippen molar-refractivity contribution in [1.29, 1.82) is 0 Å². The van der Waals surface area contributed by atoms with E-state index >= 15 is 0 Å². The Labute approximate surface area is 181 Å². The fourth-order valence-electron chi connectivity index (χ4n) is 3.66. The summed E-state index contributed by atoms with van der Waals surface area (Å²) in [5.74, 6) is -0.135. The minimum Gasteiger partial charge on any atom is -0.383 e. The van der Waals surface area contributed by atoms with Gasteiger partial charge in [0.25, 0.3) is 0 Å². The summed E-state index contributed by atoms with van der Waals surface area (Å²) in [5.41, 5.74) is 6.29.